The van der Waals surface area contributed by atoms with Gasteiger partial charge in [-0.1, -0.05) is 34.1 Å². The normalized spacial score (nSPS) is 29.6. The molecule has 1 fully saturated rings. The molecule has 1 aromatic rings. The van der Waals surface area contributed by atoms with Crippen LogP contribution in [0.1, 0.15) is 19.3 Å². The highest BCUT2D eigenvalue weighted by Crippen LogP contribution is 2.49. The van der Waals surface area contributed by atoms with E-state index in [4.69, 9.17) is 4.74 Å². The molecule has 2 aliphatic carbocycles. The molecule has 3 rings (SSSR count). The van der Waals surface area contributed by atoms with Crippen molar-refractivity contribution >= 4 is 21.9 Å². The summed E-state index contributed by atoms with van der Waals surface area (Å²) >= 11 is 3.37. The maximum Gasteiger partial charge on any atom is 0.321 e. The number of hydrogen-bond acceptors (Lipinski definition) is 2. The first kappa shape index (κ1) is 11.0. The minimum atomic E-state index is -0.340. The van der Waals surface area contributed by atoms with Crippen molar-refractivity contribution < 1.29 is 9.53 Å². The Kier molecular flexibility index (Phi) is 2.58. The molecule has 17 heavy (non-hydrogen) atoms. The predicted molar refractivity (Wildman–Crippen MR) is 68.7 cm³/mol. The highest BCUT2D eigenvalue weighted by atomic mass is 79.9. The summed E-state index contributed by atoms with van der Waals surface area (Å²) in [6.45, 7) is 0. The van der Waals surface area contributed by atoms with E-state index in [1.807, 2.05) is 30.3 Å². The Morgan fingerprint density at radius 3 is 2.94 bits per heavy atom. The number of esters is 1. The molecule has 2 aliphatic rings. The topological polar surface area (TPSA) is 26.3 Å². The van der Waals surface area contributed by atoms with E-state index in [-0.39, 0.29) is 11.4 Å². The third-order valence-corrected chi connectivity index (χ3v) is 4.18. The Hall–Kier alpha value is -1.09. The van der Waals surface area contributed by atoms with Crippen molar-refractivity contribution in [1.82, 2.24) is 0 Å². The van der Waals surface area contributed by atoms with Crippen molar-refractivity contribution in [1.29, 1.82) is 0 Å². The second-order valence-corrected chi connectivity index (χ2v) is 5.78. The van der Waals surface area contributed by atoms with Crippen molar-refractivity contribution in [3.8, 4) is 5.75 Å². The van der Waals surface area contributed by atoms with Gasteiger partial charge in [0.25, 0.3) is 0 Å². The van der Waals surface area contributed by atoms with Gasteiger partial charge < -0.3 is 4.74 Å². The van der Waals surface area contributed by atoms with E-state index in [0.29, 0.717) is 11.7 Å². The minimum absolute atomic E-state index is 0.105. The monoisotopic (exact) mass is 292 g/mol. The summed E-state index contributed by atoms with van der Waals surface area (Å²) < 4.78 is 6.40. The number of carbonyl (C=O) groups is 1. The molecule has 2 bridgehead atoms. The van der Waals surface area contributed by atoms with Gasteiger partial charge in [-0.05, 0) is 43.4 Å². The molecule has 0 amide bonds. The van der Waals surface area contributed by atoms with E-state index in [1.165, 1.54) is 0 Å². The number of halogens is 1. The minimum Gasteiger partial charge on any atom is -0.426 e. The molecule has 0 spiro atoms. The van der Waals surface area contributed by atoms with Gasteiger partial charge in [0.15, 0.2) is 0 Å². The fraction of sp³-hybridized carbons (Fsp3) is 0.357. The summed E-state index contributed by atoms with van der Waals surface area (Å²) in [6.07, 6.45) is 7.18. The lowest BCUT2D eigenvalue weighted by molar-refractivity contribution is -0.142. The molecule has 0 aliphatic heterocycles. The van der Waals surface area contributed by atoms with Crippen LogP contribution in [0.5, 0.6) is 5.75 Å². The lowest BCUT2D eigenvalue weighted by Gasteiger charge is -2.20. The van der Waals surface area contributed by atoms with E-state index in [0.717, 1.165) is 23.7 Å². The number of hydrogen-bond donors (Lipinski definition) is 0. The van der Waals surface area contributed by atoms with Crippen LogP contribution < -0.4 is 4.74 Å². The van der Waals surface area contributed by atoms with Crippen LogP contribution in [0.15, 0.2) is 40.9 Å². The number of benzene rings is 1. The van der Waals surface area contributed by atoms with Crippen molar-refractivity contribution in [2.75, 3.05) is 0 Å². The van der Waals surface area contributed by atoms with E-state index in [2.05, 4.69) is 22.0 Å². The molecule has 1 saturated carbocycles. The Morgan fingerprint density at radius 1 is 1.47 bits per heavy atom. The van der Waals surface area contributed by atoms with Crippen LogP contribution in [0.25, 0.3) is 0 Å². The molecule has 0 radical (unpaired) electrons. The van der Waals surface area contributed by atoms with Crippen LogP contribution in [0.4, 0.5) is 0 Å². The molecular weight excluding hydrogens is 280 g/mol. The molecule has 0 aromatic heterocycles. The Labute approximate surface area is 109 Å². The lowest BCUT2D eigenvalue weighted by atomic mass is 9.88. The van der Waals surface area contributed by atoms with Crippen molar-refractivity contribution in [2.24, 2.45) is 11.3 Å². The summed E-state index contributed by atoms with van der Waals surface area (Å²) in [5.74, 6) is 1.10. The highest BCUT2D eigenvalue weighted by molar-refractivity contribution is 9.10. The fourth-order valence-electron chi connectivity index (χ4n) is 2.74. The fourth-order valence-corrected chi connectivity index (χ4v) is 3.12. The zero-order valence-electron chi connectivity index (χ0n) is 9.36. The third kappa shape index (κ3) is 1.93. The van der Waals surface area contributed by atoms with Gasteiger partial charge in [-0.2, -0.15) is 0 Å². The molecule has 0 N–H and O–H groups in total. The first-order chi connectivity index (χ1) is 8.18. The molecule has 88 valence electrons. The molecule has 3 heteroatoms. The maximum absolute atomic E-state index is 12.2. The predicted octanol–water partition coefficient (Wildman–Crippen LogP) is 3.71. The van der Waals surface area contributed by atoms with Gasteiger partial charge >= 0.3 is 5.97 Å². The number of allylic oxidation sites excluding steroid dienone is 1. The van der Waals surface area contributed by atoms with Gasteiger partial charge in [0.1, 0.15) is 5.75 Å². The van der Waals surface area contributed by atoms with Gasteiger partial charge in [-0.3, -0.25) is 4.79 Å². The molecule has 1 aromatic carbocycles. The van der Waals surface area contributed by atoms with Gasteiger partial charge in [-0.15, -0.1) is 0 Å². The lowest BCUT2D eigenvalue weighted by Crippen LogP contribution is -2.29. The second kappa shape index (κ2) is 3.98. The van der Waals surface area contributed by atoms with Crippen LogP contribution in [0, 0.1) is 11.3 Å². The van der Waals surface area contributed by atoms with Gasteiger partial charge in [0.05, 0.1) is 5.41 Å². The molecule has 2 nitrogen and oxygen atoms in total. The number of fused-ring (bicyclic) bond motifs is 2. The van der Waals surface area contributed by atoms with Crippen molar-refractivity contribution in [2.45, 2.75) is 19.3 Å². The molecule has 2 atom stereocenters. The molecule has 2 unspecified atom stereocenters. The zero-order valence-corrected chi connectivity index (χ0v) is 10.9. The summed E-state index contributed by atoms with van der Waals surface area (Å²) in [5, 5.41) is 0. The zero-order chi connectivity index (χ0) is 11.9. The van der Waals surface area contributed by atoms with E-state index < -0.39 is 0 Å². The standard InChI is InChI=1S/C14H13BrO2/c15-11-2-1-3-12(8-11)17-13(16)14-6-4-10(9-14)5-7-14/h1-4,6,8,10H,5,7,9H2. The van der Waals surface area contributed by atoms with Crippen molar-refractivity contribution in [3.63, 3.8) is 0 Å². The van der Waals surface area contributed by atoms with E-state index in [1.54, 1.807) is 0 Å². The largest absolute Gasteiger partial charge is 0.426 e. The second-order valence-electron chi connectivity index (χ2n) is 4.87. The van der Waals surface area contributed by atoms with E-state index in [9.17, 15) is 4.79 Å². The maximum atomic E-state index is 12.2. The molecule has 0 heterocycles. The van der Waals surface area contributed by atoms with Crippen molar-refractivity contribution in [3.05, 3.63) is 40.9 Å². The average Bonchev–Trinajstić information content (AvgIpc) is 2.90. The first-order valence-electron chi connectivity index (χ1n) is 5.85. The quantitative estimate of drug-likeness (QED) is 0.472. The summed E-state index contributed by atoms with van der Waals surface area (Å²) in [7, 11) is 0. The van der Waals surface area contributed by atoms with Crippen LogP contribution in [-0.2, 0) is 4.79 Å². The summed E-state index contributed by atoms with van der Waals surface area (Å²) in [6, 6.07) is 7.41. The highest BCUT2D eigenvalue weighted by Gasteiger charge is 2.47. The third-order valence-electron chi connectivity index (χ3n) is 3.69. The van der Waals surface area contributed by atoms with Gasteiger partial charge in [0.2, 0.25) is 0 Å². The number of rotatable bonds is 2. The average molecular weight is 293 g/mol. The summed E-state index contributed by atoms with van der Waals surface area (Å²) in [4.78, 5) is 12.2. The summed E-state index contributed by atoms with van der Waals surface area (Å²) in [5.41, 5.74) is -0.340. The van der Waals surface area contributed by atoms with E-state index >= 15 is 0 Å². The Morgan fingerprint density at radius 2 is 2.35 bits per heavy atom. The molecule has 0 saturated heterocycles. The van der Waals surface area contributed by atoms with Crippen LogP contribution in [0.2, 0.25) is 0 Å². The number of ether oxygens (including phenoxy) is 1. The van der Waals surface area contributed by atoms with Gasteiger partial charge in [-0.25, -0.2) is 0 Å². The van der Waals surface area contributed by atoms with Crippen LogP contribution in [-0.4, -0.2) is 5.97 Å². The number of carbonyl (C=O) groups excluding carboxylic acids is 1. The van der Waals surface area contributed by atoms with Crippen LogP contribution in [0.3, 0.4) is 0 Å². The van der Waals surface area contributed by atoms with Crippen LogP contribution >= 0.6 is 15.9 Å². The first-order valence-corrected chi connectivity index (χ1v) is 6.64. The SMILES string of the molecule is O=C(Oc1cccc(Br)c1)C12C=CC(CC1)C2. The Bertz CT molecular complexity index is 495. The molecular formula is C14H13BrO2. The van der Waals surface area contributed by atoms with Gasteiger partial charge in [0, 0.05) is 4.47 Å². The smallest absolute Gasteiger partial charge is 0.321 e. The Balaban J connectivity index is 1.78.